The molecule has 2 N–H and O–H groups in total. The van der Waals surface area contributed by atoms with Crippen molar-refractivity contribution in [3.63, 3.8) is 0 Å². The number of nitrogens with zero attached hydrogens (tertiary/aromatic N) is 4. The number of carbonyl (C=O) groups is 1. The van der Waals surface area contributed by atoms with E-state index in [1.54, 1.807) is 0 Å². The summed E-state index contributed by atoms with van der Waals surface area (Å²) < 4.78 is 2.30. The normalized spacial score (nSPS) is 14.3. The Bertz CT molecular complexity index is 921. The minimum absolute atomic E-state index is 0. The third-order valence-electron chi connectivity index (χ3n) is 4.46. The Morgan fingerprint density at radius 1 is 1.15 bits per heavy atom. The lowest BCUT2D eigenvalue weighted by Gasteiger charge is -2.27. The maximum absolute atomic E-state index is 12.3. The fraction of sp³-hybridized carbons (Fsp3) is 0.500. The molecular formula is C16H24Cl2N6O3. The number of halogens is 2. The van der Waals surface area contributed by atoms with E-state index in [0.717, 1.165) is 37.3 Å². The lowest BCUT2D eigenvalue weighted by atomic mass is 10.2. The van der Waals surface area contributed by atoms with Gasteiger partial charge in [-0.15, -0.1) is 24.8 Å². The summed E-state index contributed by atoms with van der Waals surface area (Å²) in [6.45, 7) is 5.16. The summed E-state index contributed by atoms with van der Waals surface area (Å²) in [5.41, 5.74) is -0.489. The molecule has 0 aliphatic carbocycles. The first-order valence-corrected chi connectivity index (χ1v) is 8.27. The van der Waals surface area contributed by atoms with Gasteiger partial charge in [-0.05, 0) is 12.1 Å². The largest absolute Gasteiger partial charge is 0.349 e. The fourth-order valence-electron chi connectivity index (χ4n) is 2.93. The number of aromatic nitrogens is 3. The zero-order valence-corrected chi connectivity index (χ0v) is 16.9. The van der Waals surface area contributed by atoms with E-state index < -0.39 is 11.2 Å². The minimum atomic E-state index is -0.471. The van der Waals surface area contributed by atoms with Gasteiger partial charge in [0.05, 0.1) is 5.39 Å². The van der Waals surface area contributed by atoms with Crippen LogP contribution in [-0.4, -0.2) is 64.2 Å². The van der Waals surface area contributed by atoms with Gasteiger partial charge in [0, 0.05) is 53.4 Å². The molecule has 2 aromatic heterocycles. The van der Waals surface area contributed by atoms with Crippen molar-refractivity contribution in [1.82, 2.24) is 29.7 Å². The van der Waals surface area contributed by atoms with E-state index in [1.807, 2.05) is 0 Å². The van der Waals surface area contributed by atoms with Crippen LogP contribution in [0.5, 0.6) is 0 Å². The molecule has 1 aliphatic rings. The van der Waals surface area contributed by atoms with Crippen molar-refractivity contribution >= 4 is 41.8 Å². The molecule has 9 nitrogen and oxygen atoms in total. The topological polar surface area (TPSA) is 101 Å². The monoisotopic (exact) mass is 418 g/mol. The summed E-state index contributed by atoms with van der Waals surface area (Å²) in [6, 6.07) is 3.05. The predicted octanol–water partition coefficient (Wildman–Crippen LogP) is -0.889. The van der Waals surface area contributed by atoms with Gasteiger partial charge in [-0.25, -0.2) is 9.78 Å². The number of hydrogen-bond acceptors (Lipinski definition) is 6. The molecule has 1 aliphatic heterocycles. The molecule has 150 valence electrons. The number of amides is 1. The molecule has 0 bridgehead atoms. The molecule has 3 rings (SSSR count). The average Bonchev–Trinajstić information content (AvgIpc) is 2.65. The third kappa shape index (κ3) is 4.86. The second-order valence-corrected chi connectivity index (χ2v) is 6.12. The molecule has 1 saturated heterocycles. The van der Waals surface area contributed by atoms with E-state index in [1.165, 1.54) is 30.8 Å². The number of hydrogen-bond donors (Lipinski definition) is 2. The van der Waals surface area contributed by atoms with E-state index in [2.05, 4.69) is 20.5 Å². The molecule has 0 aromatic carbocycles. The van der Waals surface area contributed by atoms with Gasteiger partial charge in [0.25, 0.3) is 11.5 Å². The van der Waals surface area contributed by atoms with Crippen molar-refractivity contribution in [2.45, 2.75) is 0 Å². The van der Waals surface area contributed by atoms with Crippen LogP contribution in [0.3, 0.4) is 0 Å². The van der Waals surface area contributed by atoms with Gasteiger partial charge >= 0.3 is 5.69 Å². The summed E-state index contributed by atoms with van der Waals surface area (Å²) in [6.07, 6.45) is 0. The number of carbonyl (C=O) groups excluding carboxylic acids is 1. The summed E-state index contributed by atoms with van der Waals surface area (Å²) in [4.78, 5) is 42.9. The molecular weight excluding hydrogens is 395 g/mol. The lowest BCUT2D eigenvalue weighted by molar-refractivity contribution is 0.0942. The van der Waals surface area contributed by atoms with Gasteiger partial charge in [0.15, 0.2) is 0 Å². The first-order chi connectivity index (χ1) is 12.0. The molecule has 0 spiro atoms. The van der Waals surface area contributed by atoms with Crippen LogP contribution in [0.1, 0.15) is 10.5 Å². The Balaban J connectivity index is 0.00000182. The van der Waals surface area contributed by atoms with Crippen LogP contribution in [0.25, 0.3) is 11.0 Å². The van der Waals surface area contributed by atoms with Crippen LogP contribution in [0, 0.1) is 0 Å². The van der Waals surface area contributed by atoms with Crippen molar-refractivity contribution in [1.29, 1.82) is 0 Å². The van der Waals surface area contributed by atoms with E-state index in [9.17, 15) is 14.4 Å². The van der Waals surface area contributed by atoms with Crippen molar-refractivity contribution in [2.75, 3.05) is 39.3 Å². The highest BCUT2D eigenvalue weighted by Gasteiger charge is 2.14. The number of piperazine rings is 1. The molecule has 11 heteroatoms. The molecule has 0 saturated carbocycles. The van der Waals surface area contributed by atoms with Crippen LogP contribution in [0.2, 0.25) is 0 Å². The summed E-state index contributed by atoms with van der Waals surface area (Å²) in [7, 11) is 2.95. The summed E-state index contributed by atoms with van der Waals surface area (Å²) in [5.74, 6) is -0.315. The van der Waals surface area contributed by atoms with Crippen LogP contribution in [-0.2, 0) is 14.1 Å². The quantitative estimate of drug-likeness (QED) is 0.667. The highest BCUT2D eigenvalue weighted by atomic mass is 35.5. The Morgan fingerprint density at radius 2 is 1.81 bits per heavy atom. The second-order valence-electron chi connectivity index (χ2n) is 6.12. The van der Waals surface area contributed by atoms with Gasteiger partial charge in [-0.1, -0.05) is 0 Å². The Morgan fingerprint density at radius 3 is 2.48 bits per heavy atom. The highest BCUT2D eigenvalue weighted by molar-refractivity contribution is 5.94. The van der Waals surface area contributed by atoms with Crippen molar-refractivity contribution in [3.8, 4) is 0 Å². The second kappa shape index (κ2) is 9.84. The zero-order valence-electron chi connectivity index (χ0n) is 15.2. The SMILES string of the molecule is Cl.Cl.Cn1c(=O)c2ccc(C(=O)NCCN3CCNCC3)nc2n(C)c1=O. The molecule has 27 heavy (non-hydrogen) atoms. The molecule has 0 unspecified atom stereocenters. The van der Waals surface area contributed by atoms with Gasteiger partial charge in [-0.3, -0.25) is 23.6 Å². The molecule has 0 radical (unpaired) electrons. The van der Waals surface area contributed by atoms with Crippen molar-refractivity contribution in [3.05, 3.63) is 38.7 Å². The molecule has 3 heterocycles. The standard InChI is InChI=1S/C16H22N6O3.2ClH/c1-20-13-11(15(24)21(2)16(20)25)3-4-12(19-13)14(23)18-7-10-22-8-5-17-6-9-22;;/h3-4,17H,5-10H2,1-2H3,(H,18,23);2*1H. The Hall–Kier alpha value is -1.94. The maximum atomic E-state index is 12.3. The zero-order chi connectivity index (χ0) is 18.0. The number of nitrogens with one attached hydrogen (secondary N) is 2. The van der Waals surface area contributed by atoms with E-state index in [4.69, 9.17) is 0 Å². The molecule has 2 aromatic rings. The first kappa shape index (κ1) is 23.1. The lowest BCUT2D eigenvalue weighted by Crippen LogP contribution is -2.46. The fourth-order valence-corrected chi connectivity index (χ4v) is 2.93. The number of pyridine rings is 1. The maximum Gasteiger partial charge on any atom is 0.332 e. The highest BCUT2D eigenvalue weighted by Crippen LogP contribution is 2.06. The molecule has 1 amide bonds. The Labute approximate surface area is 168 Å². The van der Waals surface area contributed by atoms with Crippen molar-refractivity contribution < 1.29 is 4.79 Å². The first-order valence-electron chi connectivity index (χ1n) is 8.27. The predicted molar refractivity (Wildman–Crippen MR) is 108 cm³/mol. The average molecular weight is 419 g/mol. The molecule has 0 atom stereocenters. The number of aryl methyl sites for hydroxylation is 1. The van der Waals surface area contributed by atoms with Crippen LogP contribution in [0.15, 0.2) is 21.7 Å². The van der Waals surface area contributed by atoms with E-state index >= 15 is 0 Å². The number of fused-ring (bicyclic) bond motifs is 1. The van der Waals surface area contributed by atoms with Gasteiger partial charge < -0.3 is 10.6 Å². The van der Waals surface area contributed by atoms with Crippen molar-refractivity contribution in [2.24, 2.45) is 14.1 Å². The number of rotatable bonds is 4. The summed E-state index contributed by atoms with van der Waals surface area (Å²) in [5, 5.41) is 6.43. The van der Waals surface area contributed by atoms with Gasteiger partial charge in [0.1, 0.15) is 11.3 Å². The Kier molecular flexibility index (Phi) is 8.42. The third-order valence-corrected chi connectivity index (χ3v) is 4.46. The summed E-state index contributed by atoms with van der Waals surface area (Å²) >= 11 is 0. The van der Waals surface area contributed by atoms with Gasteiger partial charge in [-0.2, -0.15) is 0 Å². The van der Waals surface area contributed by atoms with Gasteiger partial charge in [0.2, 0.25) is 0 Å². The van der Waals surface area contributed by atoms with E-state index in [-0.39, 0.29) is 42.1 Å². The van der Waals surface area contributed by atoms with E-state index in [0.29, 0.717) is 11.9 Å². The minimum Gasteiger partial charge on any atom is -0.349 e. The van der Waals surface area contributed by atoms with Crippen LogP contribution < -0.4 is 21.9 Å². The van der Waals surface area contributed by atoms with Crippen LogP contribution >= 0.6 is 24.8 Å². The van der Waals surface area contributed by atoms with Crippen LogP contribution in [0.4, 0.5) is 0 Å². The smallest absolute Gasteiger partial charge is 0.332 e. The molecule has 1 fully saturated rings.